The summed E-state index contributed by atoms with van der Waals surface area (Å²) >= 11 is 0. The molecule has 2 aromatic rings. The number of nitrogens with zero attached hydrogens (tertiary/aromatic N) is 1. The van der Waals surface area contributed by atoms with Gasteiger partial charge >= 0.3 is 0 Å². The summed E-state index contributed by atoms with van der Waals surface area (Å²) in [5.74, 6) is -0.965. The van der Waals surface area contributed by atoms with E-state index in [1.54, 1.807) is 6.92 Å². The molecular weight excluding hydrogens is 296 g/mol. The van der Waals surface area contributed by atoms with Crippen molar-refractivity contribution in [3.63, 3.8) is 0 Å². The molecule has 3 rings (SSSR count). The van der Waals surface area contributed by atoms with Crippen molar-refractivity contribution in [1.29, 1.82) is 0 Å². The van der Waals surface area contributed by atoms with Crippen LogP contribution in [0.4, 0.5) is 0 Å². The first-order valence-electron chi connectivity index (χ1n) is 7.61. The summed E-state index contributed by atoms with van der Waals surface area (Å²) in [5.41, 5.74) is 8.14. The van der Waals surface area contributed by atoms with Crippen molar-refractivity contribution in [1.82, 2.24) is 4.98 Å². The third-order valence-corrected chi connectivity index (χ3v) is 3.93. The van der Waals surface area contributed by atoms with E-state index in [-0.39, 0.29) is 6.42 Å². The summed E-state index contributed by atoms with van der Waals surface area (Å²) in [6, 6.07) is 7.88. The molecule has 1 aromatic heterocycles. The Kier molecular flexibility index (Phi) is 4.19. The summed E-state index contributed by atoms with van der Waals surface area (Å²) in [5, 5.41) is 0. The lowest BCUT2D eigenvalue weighted by Crippen LogP contribution is -2.53. The Morgan fingerprint density at radius 1 is 1.22 bits per heavy atom. The van der Waals surface area contributed by atoms with E-state index in [4.69, 9.17) is 19.6 Å². The molecule has 1 aliphatic rings. The van der Waals surface area contributed by atoms with Crippen LogP contribution in [-0.2, 0) is 20.7 Å². The van der Waals surface area contributed by atoms with E-state index < -0.39 is 11.7 Å². The van der Waals surface area contributed by atoms with Gasteiger partial charge in [0.2, 0.25) is 5.89 Å². The Bertz CT molecular complexity index is 700. The molecule has 0 unspecified atom stereocenters. The number of oxazole rings is 1. The fourth-order valence-corrected chi connectivity index (χ4v) is 2.54. The Morgan fingerprint density at radius 3 is 2.48 bits per heavy atom. The maximum atomic E-state index is 11.8. The molecule has 1 fully saturated rings. The van der Waals surface area contributed by atoms with Crippen molar-refractivity contribution < 1.29 is 18.7 Å². The molecule has 1 saturated heterocycles. The first-order valence-corrected chi connectivity index (χ1v) is 7.61. The number of primary amides is 1. The van der Waals surface area contributed by atoms with Crippen molar-refractivity contribution in [2.24, 2.45) is 5.73 Å². The van der Waals surface area contributed by atoms with Crippen LogP contribution in [0, 0.1) is 13.8 Å². The summed E-state index contributed by atoms with van der Waals surface area (Å²) < 4.78 is 16.8. The second-order valence-corrected chi connectivity index (χ2v) is 5.73. The molecule has 0 bridgehead atoms. The first-order chi connectivity index (χ1) is 11.0. The number of aromatic nitrogens is 1. The quantitative estimate of drug-likeness (QED) is 0.933. The number of nitrogens with two attached hydrogens (primary N) is 1. The van der Waals surface area contributed by atoms with E-state index in [1.165, 1.54) is 0 Å². The average Bonchev–Trinajstić information content (AvgIpc) is 2.89. The van der Waals surface area contributed by atoms with Crippen molar-refractivity contribution in [3.05, 3.63) is 41.3 Å². The fourth-order valence-electron chi connectivity index (χ4n) is 2.54. The van der Waals surface area contributed by atoms with Gasteiger partial charge in [0.05, 0.1) is 25.3 Å². The van der Waals surface area contributed by atoms with Gasteiger partial charge in [-0.25, -0.2) is 4.98 Å². The van der Waals surface area contributed by atoms with Gasteiger partial charge in [-0.3, -0.25) is 4.79 Å². The van der Waals surface area contributed by atoms with Gasteiger partial charge in [-0.15, -0.1) is 0 Å². The van der Waals surface area contributed by atoms with Gasteiger partial charge in [0.1, 0.15) is 5.76 Å². The number of hydrogen-bond acceptors (Lipinski definition) is 5. The van der Waals surface area contributed by atoms with Crippen molar-refractivity contribution in [3.8, 4) is 11.5 Å². The van der Waals surface area contributed by atoms with Crippen LogP contribution in [0.2, 0.25) is 0 Å². The average molecular weight is 316 g/mol. The lowest BCUT2D eigenvalue weighted by atomic mass is 10.1. The highest BCUT2D eigenvalue weighted by molar-refractivity contribution is 5.82. The second-order valence-electron chi connectivity index (χ2n) is 5.73. The number of aryl methyl sites for hydroxylation is 2. The van der Waals surface area contributed by atoms with Gasteiger partial charge < -0.3 is 19.6 Å². The fraction of sp³-hybridized carbons (Fsp3) is 0.412. The van der Waals surface area contributed by atoms with Crippen molar-refractivity contribution in [2.45, 2.75) is 32.5 Å². The maximum absolute atomic E-state index is 11.8. The number of ether oxygens (including phenoxy) is 2. The molecule has 1 aromatic carbocycles. The Hall–Kier alpha value is -2.18. The molecule has 2 N–H and O–H groups in total. The Morgan fingerprint density at radius 2 is 1.87 bits per heavy atom. The van der Waals surface area contributed by atoms with Crippen molar-refractivity contribution >= 4 is 5.91 Å². The van der Waals surface area contributed by atoms with E-state index in [2.05, 4.69) is 4.98 Å². The van der Waals surface area contributed by atoms with Gasteiger partial charge in [0, 0.05) is 5.56 Å². The van der Waals surface area contributed by atoms with Crippen LogP contribution in [0.25, 0.3) is 11.5 Å². The molecular formula is C17H20N2O4. The number of benzene rings is 1. The molecule has 6 heteroatoms. The molecule has 0 spiro atoms. The standard InChI is InChI=1S/C17H20N2O4/c1-11-4-6-13(7-5-11)15-19-14(12(2)23-15)10-17(16(18)20)21-8-3-9-22-17/h4-7H,3,8-10H2,1-2H3,(H2,18,20). The number of rotatable bonds is 4. The second kappa shape index (κ2) is 6.14. The van der Waals surface area contributed by atoms with Crippen LogP contribution in [0.3, 0.4) is 0 Å². The lowest BCUT2D eigenvalue weighted by molar-refractivity contribution is -0.252. The van der Waals surface area contributed by atoms with Crippen LogP contribution in [0.15, 0.2) is 28.7 Å². The Balaban J connectivity index is 1.88. The summed E-state index contributed by atoms with van der Waals surface area (Å²) in [6.45, 7) is 4.69. The largest absolute Gasteiger partial charge is 0.441 e. The monoisotopic (exact) mass is 316 g/mol. The van der Waals surface area contributed by atoms with Crippen LogP contribution in [-0.4, -0.2) is 29.9 Å². The Labute approximate surface area is 134 Å². The molecule has 2 heterocycles. The maximum Gasteiger partial charge on any atom is 0.278 e. The normalized spacial score (nSPS) is 17.1. The summed E-state index contributed by atoms with van der Waals surface area (Å²) in [4.78, 5) is 16.3. The topological polar surface area (TPSA) is 87.6 Å². The van der Waals surface area contributed by atoms with Gasteiger partial charge in [0.25, 0.3) is 11.7 Å². The molecule has 0 radical (unpaired) electrons. The third-order valence-electron chi connectivity index (χ3n) is 3.93. The van der Waals surface area contributed by atoms with Crippen LogP contribution < -0.4 is 5.73 Å². The highest BCUT2D eigenvalue weighted by Gasteiger charge is 2.42. The minimum Gasteiger partial charge on any atom is -0.441 e. The van der Waals surface area contributed by atoms with Crippen LogP contribution >= 0.6 is 0 Å². The highest BCUT2D eigenvalue weighted by Crippen LogP contribution is 2.28. The minimum absolute atomic E-state index is 0.142. The smallest absolute Gasteiger partial charge is 0.278 e. The zero-order valence-corrected chi connectivity index (χ0v) is 13.3. The highest BCUT2D eigenvalue weighted by atomic mass is 16.7. The minimum atomic E-state index is -1.45. The van der Waals surface area contributed by atoms with Crippen LogP contribution in [0.5, 0.6) is 0 Å². The van der Waals surface area contributed by atoms with Gasteiger partial charge in [-0.2, -0.15) is 0 Å². The molecule has 0 atom stereocenters. The summed E-state index contributed by atoms with van der Waals surface area (Å²) in [6.07, 6.45) is 0.880. The molecule has 23 heavy (non-hydrogen) atoms. The lowest BCUT2D eigenvalue weighted by Gasteiger charge is -2.33. The SMILES string of the molecule is Cc1ccc(-c2nc(CC3(C(N)=O)OCCCO3)c(C)o2)cc1. The third kappa shape index (κ3) is 3.13. The number of hydrogen-bond donors (Lipinski definition) is 1. The van der Waals surface area contributed by atoms with Gasteiger partial charge in [-0.1, -0.05) is 17.7 Å². The van der Waals surface area contributed by atoms with Crippen molar-refractivity contribution in [2.75, 3.05) is 13.2 Å². The molecule has 0 saturated carbocycles. The van der Waals surface area contributed by atoms with Crippen LogP contribution in [0.1, 0.15) is 23.4 Å². The predicted molar refractivity (Wildman–Crippen MR) is 83.6 cm³/mol. The predicted octanol–water partition coefficient (Wildman–Crippen LogP) is 2.12. The van der Waals surface area contributed by atoms with E-state index in [0.717, 1.165) is 17.5 Å². The summed E-state index contributed by atoms with van der Waals surface area (Å²) in [7, 11) is 0. The van der Waals surface area contributed by atoms with Gasteiger partial charge in [0.15, 0.2) is 0 Å². The first kappa shape index (κ1) is 15.7. The van der Waals surface area contributed by atoms with Gasteiger partial charge in [-0.05, 0) is 32.4 Å². The van der Waals surface area contributed by atoms with E-state index in [9.17, 15) is 4.79 Å². The molecule has 1 aliphatic heterocycles. The molecule has 6 nitrogen and oxygen atoms in total. The molecule has 122 valence electrons. The number of carbonyl (C=O) groups excluding carboxylic acids is 1. The number of amides is 1. The van der Waals surface area contributed by atoms with E-state index in [0.29, 0.717) is 30.6 Å². The zero-order valence-electron chi connectivity index (χ0n) is 13.3. The van der Waals surface area contributed by atoms with E-state index >= 15 is 0 Å². The zero-order chi connectivity index (χ0) is 16.4. The number of carbonyl (C=O) groups is 1. The van der Waals surface area contributed by atoms with E-state index in [1.807, 2.05) is 31.2 Å². The molecule has 0 aliphatic carbocycles. The molecule has 1 amide bonds.